The van der Waals surface area contributed by atoms with Crippen molar-refractivity contribution in [1.29, 1.82) is 10.5 Å². The van der Waals surface area contributed by atoms with E-state index in [2.05, 4.69) is 19.9 Å². The molecule has 1 aromatic heterocycles. The summed E-state index contributed by atoms with van der Waals surface area (Å²) < 4.78 is 11.4. The molecule has 1 aromatic carbocycles. The molecule has 0 amide bonds. The van der Waals surface area contributed by atoms with E-state index < -0.39 is 5.97 Å². The van der Waals surface area contributed by atoms with E-state index >= 15 is 0 Å². The number of hydrogen-bond donors (Lipinski definition) is 0. The van der Waals surface area contributed by atoms with E-state index in [1.165, 1.54) is 94.8 Å². The van der Waals surface area contributed by atoms with Crippen LogP contribution in [0.4, 0.5) is 0 Å². The predicted octanol–water partition coefficient (Wildman–Crippen LogP) is 9.91. The Morgan fingerprint density at radius 2 is 1.21 bits per heavy atom. The number of nitrogens with zero attached hydrogens (tertiary/aromatic N) is 2. The van der Waals surface area contributed by atoms with Gasteiger partial charge >= 0.3 is 5.97 Å². The van der Waals surface area contributed by atoms with E-state index in [4.69, 9.17) is 9.47 Å². The Morgan fingerprint density at radius 1 is 0.692 bits per heavy atom. The van der Waals surface area contributed by atoms with Gasteiger partial charge < -0.3 is 9.47 Å². The molecule has 0 aliphatic carbocycles. The van der Waals surface area contributed by atoms with Gasteiger partial charge in [0.05, 0.1) is 6.61 Å². The molecule has 0 atom stereocenters. The van der Waals surface area contributed by atoms with Gasteiger partial charge in [-0.05, 0) is 43.5 Å². The van der Waals surface area contributed by atoms with Crippen LogP contribution in [0.2, 0.25) is 0 Å². The molecule has 0 N–H and O–H groups in total. The first kappa shape index (κ1) is 32.4. The molecule has 0 saturated heterocycles. The Bertz CT molecular complexity index is 1060. The zero-order valence-electron chi connectivity index (χ0n) is 24.1. The zero-order chi connectivity index (χ0) is 28.1. The molecule has 0 spiro atoms. The minimum Gasteiger partial charge on any atom is -0.492 e. The highest BCUT2D eigenvalue weighted by atomic mass is 32.1. The highest BCUT2D eigenvalue weighted by molar-refractivity contribution is 7.13. The predicted molar refractivity (Wildman–Crippen MR) is 160 cm³/mol. The van der Waals surface area contributed by atoms with Crippen LogP contribution in [-0.2, 0) is 6.42 Å². The van der Waals surface area contributed by atoms with Crippen LogP contribution in [0.1, 0.15) is 142 Å². The lowest BCUT2D eigenvalue weighted by atomic mass is 10.1. The Hall–Kier alpha value is -2.83. The Morgan fingerprint density at radius 3 is 1.79 bits per heavy atom. The molecule has 0 bridgehead atoms. The molecule has 212 valence electrons. The van der Waals surface area contributed by atoms with Gasteiger partial charge in [-0.3, -0.25) is 0 Å². The van der Waals surface area contributed by atoms with Crippen molar-refractivity contribution in [3.8, 4) is 23.6 Å². The first-order valence-corrected chi connectivity index (χ1v) is 15.9. The summed E-state index contributed by atoms with van der Waals surface area (Å²) in [4.78, 5) is 14.5. The van der Waals surface area contributed by atoms with Crippen molar-refractivity contribution >= 4 is 17.3 Å². The molecule has 5 nitrogen and oxygen atoms in total. The highest BCUT2D eigenvalue weighted by Crippen LogP contribution is 2.31. The third-order valence-corrected chi connectivity index (χ3v) is 8.08. The van der Waals surface area contributed by atoms with E-state index in [0.717, 1.165) is 30.6 Å². The van der Waals surface area contributed by atoms with E-state index in [0.29, 0.717) is 17.2 Å². The molecule has 0 aliphatic rings. The zero-order valence-corrected chi connectivity index (χ0v) is 24.9. The van der Waals surface area contributed by atoms with Crippen LogP contribution < -0.4 is 9.47 Å². The van der Waals surface area contributed by atoms with Crippen molar-refractivity contribution in [1.82, 2.24) is 0 Å². The van der Waals surface area contributed by atoms with Gasteiger partial charge in [0.2, 0.25) is 0 Å². The smallest absolute Gasteiger partial charge is 0.353 e. The lowest BCUT2D eigenvalue weighted by Gasteiger charge is -2.11. The molecule has 0 unspecified atom stereocenters. The highest BCUT2D eigenvalue weighted by Gasteiger charge is 2.19. The SMILES string of the molecule is CCCCCCCCCCCCc1ccc(C(=O)Oc2ccc(OCCCCCCCC)c(C#N)c2C#N)s1. The monoisotopic (exact) mass is 550 g/mol. The Labute approximate surface area is 240 Å². The summed E-state index contributed by atoms with van der Waals surface area (Å²) in [5, 5.41) is 19.4. The van der Waals surface area contributed by atoms with Crippen molar-refractivity contribution in [3.63, 3.8) is 0 Å². The van der Waals surface area contributed by atoms with Crippen LogP contribution in [0.25, 0.3) is 0 Å². The van der Waals surface area contributed by atoms with Gasteiger partial charge in [-0.2, -0.15) is 10.5 Å². The standard InChI is InChI=1S/C33H46N2O3S/c1-3-5-7-9-11-12-13-14-15-17-19-27-20-23-32(39-27)33(36)38-31-22-21-30(28(25-34)29(31)26-35)37-24-18-16-10-8-6-4-2/h20-23H,3-19,24H2,1-2H3. The first-order chi connectivity index (χ1) is 19.1. The van der Waals surface area contributed by atoms with Crippen molar-refractivity contribution in [2.24, 2.45) is 0 Å². The summed E-state index contributed by atoms with van der Waals surface area (Å²) in [5.74, 6) is -0.0524. The van der Waals surface area contributed by atoms with Gasteiger partial charge in [-0.25, -0.2) is 4.79 Å². The number of hydrogen-bond acceptors (Lipinski definition) is 6. The van der Waals surface area contributed by atoms with Gasteiger partial charge in [0, 0.05) is 4.88 Å². The van der Waals surface area contributed by atoms with Gasteiger partial charge in [-0.15, -0.1) is 11.3 Å². The molecule has 2 rings (SSSR count). The third kappa shape index (κ3) is 12.3. The quantitative estimate of drug-likeness (QED) is 0.0877. The number of nitriles is 2. The molecule has 0 saturated carbocycles. The molecular weight excluding hydrogens is 504 g/mol. The minimum atomic E-state index is -0.504. The van der Waals surface area contributed by atoms with Crippen LogP contribution in [0.15, 0.2) is 24.3 Å². The molecule has 1 heterocycles. The molecule has 6 heteroatoms. The van der Waals surface area contributed by atoms with Crippen LogP contribution in [0, 0.1) is 22.7 Å². The molecule has 39 heavy (non-hydrogen) atoms. The maximum atomic E-state index is 12.8. The summed E-state index contributed by atoms with van der Waals surface area (Å²) in [6, 6.07) is 11.0. The lowest BCUT2D eigenvalue weighted by Crippen LogP contribution is -2.09. The van der Waals surface area contributed by atoms with Crippen molar-refractivity contribution in [2.45, 2.75) is 123 Å². The minimum absolute atomic E-state index is 0.0356. The number of thiophene rings is 1. The topological polar surface area (TPSA) is 83.1 Å². The number of carbonyl (C=O) groups excluding carboxylic acids is 1. The second-order valence-electron chi connectivity index (χ2n) is 10.2. The fourth-order valence-electron chi connectivity index (χ4n) is 4.62. The van der Waals surface area contributed by atoms with Gasteiger partial charge in [0.15, 0.2) is 5.75 Å². The van der Waals surface area contributed by atoms with Crippen molar-refractivity contribution < 1.29 is 14.3 Å². The van der Waals surface area contributed by atoms with E-state index in [-0.39, 0.29) is 16.9 Å². The molecule has 0 aliphatic heterocycles. The van der Waals surface area contributed by atoms with Gasteiger partial charge in [-0.1, -0.05) is 104 Å². The van der Waals surface area contributed by atoms with Gasteiger partial charge in [0.1, 0.15) is 33.9 Å². The Balaban J connectivity index is 1.80. The average molecular weight is 551 g/mol. The largest absolute Gasteiger partial charge is 0.492 e. The Kier molecular flexibility index (Phi) is 16.7. The van der Waals surface area contributed by atoms with E-state index in [9.17, 15) is 15.3 Å². The number of rotatable bonds is 21. The van der Waals surface area contributed by atoms with Crippen molar-refractivity contribution in [2.75, 3.05) is 6.61 Å². The van der Waals surface area contributed by atoms with Crippen LogP contribution in [0.5, 0.6) is 11.5 Å². The van der Waals surface area contributed by atoms with E-state index in [1.54, 1.807) is 18.2 Å². The fraction of sp³-hybridized carbons (Fsp3) is 0.606. The maximum absolute atomic E-state index is 12.8. The third-order valence-electron chi connectivity index (χ3n) is 6.95. The number of ether oxygens (including phenoxy) is 2. The summed E-state index contributed by atoms with van der Waals surface area (Å²) in [7, 11) is 0. The fourth-order valence-corrected chi connectivity index (χ4v) is 5.54. The molecule has 0 radical (unpaired) electrons. The summed E-state index contributed by atoms with van der Waals surface area (Å²) in [5.41, 5.74) is 0.148. The molecule has 2 aromatic rings. The number of aryl methyl sites for hydroxylation is 1. The lowest BCUT2D eigenvalue weighted by molar-refractivity contribution is 0.0739. The van der Waals surface area contributed by atoms with Crippen LogP contribution >= 0.6 is 11.3 Å². The average Bonchev–Trinajstić information content (AvgIpc) is 3.43. The number of carbonyl (C=O) groups is 1. The first-order valence-electron chi connectivity index (χ1n) is 15.0. The van der Waals surface area contributed by atoms with Crippen LogP contribution in [0.3, 0.4) is 0 Å². The number of benzene rings is 1. The maximum Gasteiger partial charge on any atom is 0.353 e. The summed E-state index contributed by atoms with van der Waals surface area (Å²) in [6.45, 7) is 4.93. The summed E-state index contributed by atoms with van der Waals surface area (Å²) >= 11 is 1.44. The van der Waals surface area contributed by atoms with Crippen LogP contribution in [-0.4, -0.2) is 12.6 Å². The number of esters is 1. The van der Waals surface area contributed by atoms with Gasteiger partial charge in [0.25, 0.3) is 0 Å². The second-order valence-corrected chi connectivity index (χ2v) is 11.4. The molecular formula is C33H46N2O3S. The second kappa shape index (κ2) is 20.1. The van der Waals surface area contributed by atoms with E-state index in [1.807, 2.05) is 12.1 Å². The normalized spacial score (nSPS) is 10.7. The number of unbranched alkanes of at least 4 members (excludes halogenated alkanes) is 14. The summed E-state index contributed by atoms with van der Waals surface area (Å²) in [6.07, 6.45) is 20.8. The van der Waals surface area contributed by atoms with Crippen molar-refractivity contribution in [3.05, 3.63) is 45.1 Å². The molecule has 0 fully saturated rings.